The van der Waals surface area contributed by atoms with Gasteiger partial charge in [-0.15, -0.1) is 10.2 Å². The lowest BCUT2D eigenvalue weighted by atomic mass is 10.8. The van der Waals surface area contributed by atoms with Crippen LogP contribution in [0.2, 0.25) is 0 Å². The summed E-state index contributed by atoms with van der Waals surface area (Å²) < 4.78 is 1.70. The first-order valence-corrected chi connectivity index (χ1v) is 7.68. The van der Waals surface area contributed by atoms with Crippen molar-refractivity contribution in [3.8, 4) is 0 Å². The molecule has 2 rings (SSSR count). The highest BCUT2D eigenvalue weighted by atomic mass is 32.2. The van der Waals surface area contributed by atoms with Gasteiger partial charge < -0.3 is 10.6 Å². The number of nitrogens with two attached hydrogens (primary N) is 1. The SMILES string of the molecule is CSc1nnc(Sc2nc(N)nc(N(C)C)n2)s1. The van der Waals surface area contributed by atoms with Crippen LogP contribution >= 0.6 is 34.9 Å². The van der Waals surface area contributed by atoms with Crippen molar-refractivity contribution in [3.05, 3.63) is 0 Å². The van der Waals surface area contributed by atoms with Crippen LogP contribution in [0.25, 0.3) is 0 Å². The third-order valence-electron chi connectivity index (χ3n) is 1.76. The first kappa shape index (κ1) is 13.3. The van der Waals surface area contributed by atoms with E-state index in [-0.39, 0.29) is 5.95 Å². The van der Waals surface area contributed by atoms with Gasteiger partial charge in [0.05, 0.1) is 0 Å². The van der Waals surface area contributed by atoms with Gasteiger partial charge in [-0.3, -0.25) is 0 Å². The minimum atomic E-state index is 0.200. The van der Waals surface area contributed by atoms with E-state index in [9.17, 15) is 0 Å². The largest absolute Gasteiger partial charge is 0.368 e. The average molecular weight is 301 g/mol. The second-order valence-corrected chi connectivity index (χ2v) is 6.56. The van der Waals surface area contributed by atoms with E-state index in [1.165, 1.54) is 23.1 Å². The predicted octanol–water partition coefficient (Wildman–Crippen LogP) is 1.24. The Hall–Kier alpha value is -1.13. The number of anilines is 2. The van der Waals surface area contributed by atoms with Crippen LogP contribution in [0.1, 0.15) is 0 Å². The molecule has 0 aliphatic carbocycles. The normalized spacial score (nSPS) is 10.6. The Bertz CT molecular complexity index is 541. The lowest BCUT2D eigenvalue weighted by molar-refractivity contribution is 0.872. The van der Waals surface area contributed by atoms with Crippen LogP contribution in [0, 0.1) is 0 Å². The van der Waals surface area contributed by atoms with E-state index in [2.05, 4.69) is 25.1 Å². The third-order valence-corrected chi connectivity index (χ3v) is 4.58. The zero-order chi connectivity index (χ0) is 13.1. The van der Waals surface area contributed by atoms with Crippen LogP contribution in [0.15, 0.2) is 13.8 Å². The summed E-state index contributed by atoms with van der Waals surface area (Å²) >= 11 is 4.39. The fourth-order valence-electron chi connectivity index (χ4n) is 1.01. The molecule has 2 N–H and O–H groups in total. The third kappa shape index (κ3) is 3.21. The second-order valence-electron chi connectivity index (χ2n) is 3.31. The molecule has 0 amide bonds. The quantitative estimate of drug-likeness (QED) is 0.837. The molecule has 0 aliphatic rings. The lowest BCUT2D eigenvalue weighted by Crippen LogP contribution is -2.15. The van der Waals surface area contributed by atoms with Crippen molar-refractivity contribution < 1.29 is 0 Å². The number of rotatable bonds is 4. The molecule has 96 valence electrons. The molecule has 7 nitrogen and oxygen atoms in total. The molecule has 0 saturated carbocycles. The summed E-state index contributed by atoms with van der Waals surface area (Å²) in [6.07, 6.45) is 1.96. The number of thioether (sulfide) groups is 1. The Balaban J connectivity index is 2.23. The van der Waals surface area contributed by atoms with Crippen LogP contribution in [-0.2, 0) is 0 Å². The van der Waals surface area contributed by atoms with E-state index in [1.807, 2.05) is 20.4 Å². The topological polar surface area (TPSA) is 93.7 Å². The van der Waals surface area contributed by atoms with Gasteiger partial charge in [0.25, 0.3) is 0 Å². The van der Waals surface area contributed by atoms with Gasteiger partial charge in [0.2, 0.25) is 17.1 Å². The van der Waals surface area contributed by atoms with Gasteiger partial charge >= 0.3 is 0 Å². The van der Waals surface area contributed by atoms with Gasteiger partial charge in [-0.1, -0.05) is 23.1 Å². The van der Waals surface area contributed by atoms with E-state index in [1.54, 1.807) is 16.7 Å². The summed E-state index contributed by atoms with van der Waals surface area (Å²) in [5.41, 5.74) is 5.64. The summed E-state index contributed by atoms with van der Waals surface area (Å²) in [6, 6.07) is 0. The van der Waals surface area contributed by atoms with Gasteiger partial charge in [-0.2, -0.15) is 15.0 Å². The maximum absolute atomic E-state index is 5.64. The summed E-state index contributed by atoms with van der Waals surface area (Å²) in [6.45, 7) is 0. The van der Waals surface area contributed by atoms with Crippen molar-refractivity contribution in [3.63, 3.8) is 0 Å². The van der Waals surface area contributed by atoms with Crippen molar-refractivity contribution in [1.82, 2.24) is 25.1 Å². The molecule has 0 aliphatic heterocycles. The van der Waals surface area contributed by atoms with E-state index in [0.717, 1.165) is 8.68 Å². The van der Waals surface area contributed by atoms with Gasteiger partial charge in [-0.25, -0.2) is 0 Å². The number of hydrogen-bond donors (Lipinski definition) is 1. The zero-order valence-corrected chi connectivity index (χ0v) is 12.4. The number of aromatic nitrogens is 5. The van der Waals surface area contributed by atoms with Crippen LogP contribution in [0.5, 0.6) is 0 Å². The minimum Gasteiger partial charge on any atom is -0.368 e. The molecule has 10 heteroatoms. The molecule has 0 fully saturated rings. The van der Waals surface area contributed by atoms with Crippen LogP contribution in [-0.4, -0.2) is 45.5 Å². The second kappa shape index (κ2) is 5.67. The number of hydrogen-bond acceptors (Lipinski definition) is 10. The molecule has 0 unspecified atom stereocenters. The number of nitrogens with zero attached hydrogens (tertiary/aromatic N) is 6. The molecule has 0 radical (unpaired) electrons. The highest BCUT2D eigenvalue weighted by Crippen LogP contribution is 2.31. The van der Waals surface area contributed by atoms with Crippen molar-refractivity contribution in [2.24, 2.45) is 0 Å². The highest BCUT2D eigenvalue weighted by molar-refractivity contribution is 8.02. The van der Waals surface area contributed by atoms with Crippen molar-refractivity contribution in [2.75, 3.05) is 31.0 Å². The molecular weight excluding hydrogens is 290 g/mol. The fraction of sp³-hybridized carbons (Fsp3) is 0.375. The Labute approximate surface area is 117 Å². The van der Waals surface area contributed by atoms with Gasteiger partial charge in [0, 0.05) is 14.1 Å². The van der Waals surface area contributed by atoms with Crippen LogP contribution < -0.4 is 10.6 Å². The molecule has 0 saturated heterocycles. The molecular formula is C8H11N7S3. The summed E-state index contributed by atoms with van der Waals surface area (Å²) in [4.78, 5) is 14.2. The zero-order valence-electron chi connectivity index (χ0n) is 9.99. The number of nitrogen functional groups attached to an aromatic ring is 1. The average Bonchev–Trinajstić information content (AvgIpc) is 2.76. The minimum absolute atomic E-state index is 0.200. The van der Waals surface area contributed by atoms with E-state index < -0.39 is 0 Å². The Morgan fingerprint density at radius 1 is 1.11 bits per heavy atom. The van der Waals surface area contributed by atoms with Gasteiger partial charge in [-0.05, 0) is 18.0 Å². The van der Waals surface area contributed by atoms with E-state index in [0.29, 0.717) is 11.1 Å². The first-order chi connectivity index (χ1) is 8.58. The van der Waals surface area contributed by atoms with Crippen molar-refractivity contribution in [2.45, 2.75) is 13.8 Å². The Morgan fingerprint density at radius 2 is 1.83 bits per heavy atom. The molecule has 0 bridgehead atoms. The van der Waals surface area contributed by atoms with E-state index in [4.69, 9.17) is 5.73 Å². The van der Waals surface area contributed by atoms with Crippen LogP contribution in [0.3, 0.4) is 0 Å². The molecule has 18 heavy (non-hydrogen) atoms. The molecule has 0 aromatic carbocycles. The predicted molar refractivity (Wildman–Crippen MR) is 74.4 cm³/mol. The van der Waals surface area contributed by atoms with Crippen LogP contribution in [0.4, 0.5) is 11.9 Å². The maximum Gasteiger partial charge on any atom is 0.230 e. The Morgan fingerprint density at radius 3 is 2.44 bits per heavy atom. The first-order valence-electron chi connectivity index (χ1n) is 4.82. The highest BCUT2D eigenvalue weighted by Gasteiger charge is 2.11. The van der Waals surface area contributed by atoms with Gasteiger partial charge in [0.1, 0.15) is 0 Å². The summed E-state index contributed by atoms with van der Waals surface area (Å²) in [5, 5.41) is 8.57. The molecule has 2 aromatic heterocycles. The molecule has 0 atom stereocenters. The fourth-order valence-corrected chi connectivity index (χ4v) is 3.30. The van der Waals surface area contributed by atoms with Crippen molar-refractivity contribution >= 4 is 46.8 Å². The standard InChI is InChI=1S/C8H11N7S3/c1-15(2)5-10-4(9)11-6(12-5)17-8-14-13-7(16-3)18-8/h1-3H3,(H2,9,10,11,12). The monoisotopic (exact) mass is 301 g/mol. The van der Waals surface area contributed by atoms with Crippen molar-refractivity contribution in [1.29, 1.82) is 0 Å². The van der Waals surface area contributed by atoms with E-state index >= 15 is 0 Å². The van der Waals surface area contributed by atoms with Gasteiger partial charge in [0.15, 0.2) is 8.68 Å². The molecule has 0 spiro atoms. The smallest absolute Gasteiger partial charge is 0.230 e. The Kier molecular flexibility index (Phi) is 4.19. The summed E-state index contributed by atoms with van der Waals surface area (Å²) in [5.74, 6) is 0.727. The lowest BCUT2D eigenvalue weighted by Gasteiger charge is -2.10. The molecule has 2 heterocycles. The summed E-state index contributed by atoms with van der Waals surface area (Å²) in [7, 11) is 3.69. The molecule has 2 aromatic rings. The maximum atomic E-state index is 5.64.